The molecule has 3 heterocycles. The van der Waals surface area contributed by atoms with Crippen LogP contribution >= 0.6 is 0 Å². The first kappa shape index (κ1) is 20.4. The van der Waals surface area contributed by atoms with Gasteiger partial charge in [0.05, 0.1) is 12.2 Å². The number of rotatable bonds is 4. The molecule has 1 aliphatic heterocycles. The number of likely N-dealkylation sites (tertiary alicyclic amines) is 1. The van der Waals surface area contributed by atoms with E-state index < -0.39 is 12.1 Å². The highest BCUT2D eigenvalue weighted by atomic mass is 19.4. The van der Waals surface area contributed by atoms with Gasteiger partial charge >= 0.3 is 12.1 Å². The smallest absolute Gasteiger partial charge is 0.420 e. The van der Waals surface area contributed by atoms with Gasteiger partial charge < -0.3 is 14.2 Å². The summed E-state index contributed by atoms with van der Waals surface area (Å²) < 4.78 is 44.5. The number of nitrogens with zero attached hydrogens (tertiary/aromatic N) is 3. The molecule has 0 amide bonds. The fourth-order valence-corrected chi connectivity index (χ4v) is 3.97. The zero-order valence-electron chi connectivity index (χ0n) is 16.5. The first-order valence-electron chi connectivity index (χ1n) is 9.81. The van der Waals surface area contributed by atoms with E-state index in [1.165, 1.54) is 6.07 Å². The van der Waals surface area contributed by atoms with Gasteiger partial charge in [-0.15, -0.1) is 0 Å². The number of carbonyl (C=O) groups is 1. The summed E-state index contributed by atoms with van der Waals surface area (Å²) >= 11 is 0. The molecule has 8 heteroatoms. The molecule has 30 heavy (non-hydrogen) atoms. The second-order valence-electron chi connectivity index (χ2n) is 7.68. The molecule has 0 radical (unpaired) electrons. The van der Waals surface area contributed by atoms with Crippen molar-refractivity contribution in [1.29, 1.82) is 0 Å². The van der Waals surface area contributed by atoms with Crippen LogP contribution in [0.1, 0.15) is 30.0 Å². The zero-order chi connectivity index (χ0) is 21.3. The number of esters is 1. The average Bonchev–Trinajstić information content (AvgIpc) is 3.06. The Hall–Kier alpha value is -2.87. The molecule has 1 aliphatic rings. The average molecular weight is 417 g/mol. The Morgan fingerprint density at radius 1 is 1.20 bits per heavy atom. The van der Waals surface area contributed by atoms with Crippen LogP contribution in [0.2, 0.25) is 0 Å². The third-order valence-corrected chi connectivity index (χ3v) is 5.54. The van der Waals surface area contributed by atoms with E-state index in [4.69, 9.17) is 0 Å². The fourth-order valence-electron chi connectivity index (χ4n) is 3.97. The van der Waals surface area contributed by atoms with Crippen LogP contribution in [0.25, 0.3) is 10.9 Å². The first-order chi connectivity index (χ1) is 14.3. The van der Waals surface area contributed by atoms with Crippen molar-refractivity contribution in [3.63, 3.8) is 0 Å². The van der Waals surface area contributed by atoms with Crippen molar-refractivity contribution in [1.82, 2.24) is 14.5 Å². The molecule has 1 fully saturated rings. The molecule has 0 bridgehead atoms. The van der Waals surface area contributed by atoms with Gasteiger partial charge in [0.1, 0.15) is 5.75 Å². The Bertz CT molecular complexity index is 1040. The lowest BCUT2D eigenvalue weighted by atomic mass is 9.89. The molecule has 0 saturated carbocycles. The van der Waals surface area contributed by atoms with Crippen LogP contribution in [-0.2, 0) is 11.3 Å². The summed E-state index contributed by atoms with van der Waals surface area (Å²) in [5, 5.41) is 0.813. The van der Waals surface area contributed by atoms with E-state index in [1.807, 2.05) is 18.2 Å². The van der Waals surface area contributed by atoms with Gasteiger partial charge in [-0.2, -0.15) is 13.2 Å². The second kappa shape index (κ2) is 8.10. The highest BCUT2D eigenvalue weighted by Gasteiger charge is 2.41. The monoisotopic (exact) mass is 417 g/mol. The number of piperidine rings is 1. The summed E-state index contributed by atoms with van der Waals surface area (Å²) in [5.74, 6) is -2.02. The number of hydrogen-bond donors (Lipinski definition) is 0. The number of pyridine rings is 1. The zero-order valence-corrected chi connectivity index (χ0v) is 16.5. The number of carbonyl (C=O) groups excluding carboxylic acids is 1. The second-order valence-corrected chi connectivity index (χ2v) is 7.68. The maximum atomic E-state index is 12.6. The van der Waals surface area contributed by atoms with E-state index in [0.29, 0.717) is 12.5 Å². The maximum Gasteiger partial charge on any atom is 0.491 e. The van der Waals surface area contributed by atoms with Gasteiger partial charge in [-0.1, -0.05) is 6.07 Å². The molecule has 2 aromatic heterocycles. The molecular weight excluding hydrogens is 395 g/mol. The Morgan fingerprint density at radius 2 is 1.97 bits per heavy atom. The molecule has 0 aliphatic carbocycles. The summed E-state index contributed by atoms with van der Waals surface area (Å²) in [6, 6.07) is 10.3. The number of halogens is 3. The minimum absolute atomic E-state index is 0.102. The van der Waals surface area contributed by atoms with Gasteiger partial charge in [-0.25, -0.2) is 4.79 Å². The highest BCUT2D eigenvalue weighted by Crippen LogP contribution is 2.36. The van der Waals surface area contributed by atoms with Crippen LogP contribution < -0.4 is 4.74 Å². The molecular formula is C22H22F3N3O2. The van der Waals surface area contributed by atoms with Crippen molar-refractivity contribution in [3.05, 3.63) is 60.0 Å². The number of fused-ring (bicyclic) bond motifs is 1. The lowest BCUT2D eigenvalue weighted by molar-refractivity contribution is -0.189. The number of benzene rings is 1. The molecule has 0 spiro atoms. The third-order valence-electron chi connectivity index (χ3n) is 5.54. The van der Waals surface area contributed by atoms with E-state index in [-0.39, 0.29) is 5.75 Å². The van der Waals surface area contributed by atoms with Gasteiger partial charge in [0.25, 0.3) is 0 Å². The maximum absolute atomic E-state index is 12.6. The summed E-state index contributed by atoms with van der Waals surface area (Å²) in [6.45, 7) is 2.46. The van der Waals surface area contributed by atoms with Crippen molar-refractivity contribution < 1.29 is 22.7 Å². The summed E-state index contributed by atoms with van der Waals surface area (Å²) in [7, 11) is 2.08. The normalized spacial score (nSPS) is 16.1. The Morgan fingerprint density at radius 3 is 2.63 bits per heavy atom. The molecule has 5 nitrogen and oxygen atoms in total. The molecule has 1 saturated heterocycles. The highest BCUT2D eigenvalue weighted by molar-refractivity contribution is 5.87. The van der Waals surface area contributed by atoms with Crippen LogP contribution in [0, 0.1) is 0 Å². The molecule has 1 aromatic carbocycles. The predicted octanol–water partition coefficient (Wildman–Crippen LogP) is 4.36. The molecule has 0 N–H and O–H groups in total. The Kier molecular flexibility index (Phi) is 5.51. The largest absolute Gasteiger partial charge is 0.491 e. The van der Waals surface area contributed by atoms with E-state index in [2.05, 4.69) is 32.4 Å². The molecule has 0 unspecified atom stereocenters. The van der Waals surface area contributed by atoms with Crippen molar-refractivity contribution in [2.75, 3.05) is 20.1 Å². The minimum Gasteiger partial charge on any atom is -0.420 e. The van der Waals surface area contributed by atoms with E-state index in [9.17, 15) is 18.0 Å². The molecule has 3 aromatic rings. The lowest BCUT2D eigenvalue weighted by Gasteiger charge is -2.28. The Balaban J connectivity index is 1.72. The van der Waals surface area contributed by atoms with Crippen LogP contribution in [0.15, 0.2) is 48.8 Å². The standard InChI is InChI=1S/C22H22F3N3O2/c1-27-10-7-15(8-11-27)19-14-28(13-16-4-2-3-9-26-16)20-6-5-17(12-18(19)20)30-21(29)22(23,24)25/h2-6,9,12,14-15H,7-8,10-11,13H2,1H3. The van der Waals surface area contributed by atoms with E-state index in [0.717, 1.165) is 48.1 Å². The van der Waals surface area contributed by atoms with Gasteiger partial charge in [-0.05, 0) is 74.8 Å². The summed E-state index contributed by atoms with van der Waals surface area (Å²) in [6.07, 6.45) is 0.687. The van der Waals surface area contributed by atoms with Gasteiger partial charge in [0.2, 0.25) is 0 Å². The fraction of sp³-hybridized carbons (Fsp3) is 0.364. The topological polar surface area (TPSA) is 47.4 Å². The molecule has 0 atom stereocenters. The van der Waals surface area contributed by atoms with E-state index in [1.54, 1.807) is 18.3 Å². The van der Waals surface area contributed by atoms with Crippen molar-refractivity contribution in [2.45, 2.75) is 31.5 Å². The van der Waals surface area contributed by atoms with Crippen LogP contribution in [0.3, 0.4) is 0 Å². The summed E-state index contributed by atoms with van der Waals surface area (Å²) in [4.78, 5) is 17.9. The number of aromatic nitrogens is 2. The van der Waals surface area contributed by atoms with Crippen LogP contribution in [0.5, 0.6) is 5.75 Å². The van der Waals surface area contributed by atoms with Crippen molar-refractivity contribution in [2.24, 2.45) is 0 Å². The number of alkyl halides is 3. The minimum atomic E-state index is -5.03. The first-order valence-corrected chi connectivity index (χ1v) is 9.81. The van der Waals surface area contributed by atoms with Gasteiger partial charge in [-0.3, -0.25) is 4.98 Å². The lowest BCUT2D eigenvalue weighted by Crippen LogP contribution is -2.29. The quantitative estimate of drug-likeness (QED) is 0.468. The SMILES string of the molecule is CN1CCC(c2cn(Cc3ccccn3)c3ccc(OC(=O)C(F)(F)F)cc23)CC1. The van der Waals surface area contributed by atoms with Gasteiger partial charge in [0, 0.05) is 23.3 Å². The predicted molar refractivity (Wildman–Crippen MR) is 106 cm³/mol. The van der Waals surface area contributed by atoms with Crippen molar-refractivity contribution in [3.8, 4) is 5.75 Å². The molecule has 4 rings (SSSR count). The van der Waals surface area contributed by atoms with Gasteiger partial charge in [0.15, 0.2) is 0 Å². The number of hydrogen-bond acceptors (Lipinski definition) is 4. The third kappa shape index (κ3) is 4.33. The van der Waals surface area contributed by atoms with Crippen LogP contribution in [-0.4, -0.2) is 46.7 Å². The van der Waals surface area contributed by atoms with Crippen LogP contribution in [0.4, 0.5) is 13.2 Å². The summed E-state index contributed by atoms with van der Waals surface area (Å²) in [5.41, 5.74) is 2.83. The van der Waals surface area contributed by atoms with E-state index >= 15 is 0 Å². The Labute approximate surface area is 172 Å². The number of ether oxygens (including phenoxy) is 1. The van der Waals surface area contributed by atoms with Crippen molar-refractivity contribution >= 4 is 16.9 Å². The molecule has 158 valence electrons.